The lowest BCUT2D eigenvalue weighted by Gasteiger charge is -2.26. The van der Waals surface area contributed by atoms with Crippen molar-refractivity contribution in [3.05, 3.63) is 42.0 Å². The minimum absolute atomic E-state index is 0.232. The van der Waals surface area contributed by atoms with Gasteiger partial charge in [0.05, 0.1) is 6.33 Å². The number of piperidine rings is 1. The minimum atomic E-state index is -0.232. The molecule has 2 aromatic heterocycles. The first kappa shape index (κ1) is 14.9. The molecule has 1 aromatic carbocycles. The molecule has 24 heavy (non-hydrogen) atoms. The van der Waals surface area contributed by atoms with E-state index in [-0.39, 0.29) is 5.82 Å². The lowest BCUT2D eigenvalue weighted by atomic mass is 10.1. The van der Waals surface area contributed by atoms with Gasteiger partial charge in [0, 0.05) is 19.6 Å². The zero-order chi connectivity index (χ0) is 16.4. The molecule has 0 unspecified atom stereocenters. The van der Waals surface area contributed by atoms with Crippen molar-refractivity contribution < 1.29 is 4.39 Å². The highest BCUT2D eigenvalue weighted by atomic mass is 19.1. The van der Waals surface area contributed by atoms with Crippen LogP contribution in [0, 0.1) is 5.82 Å². The predicted molar refractivity (Wildman–Crippen MR) is 91.5 cm³/mol. The van der Waals surface area contributed by atoms with Gasteiger partial charge in [-0.1, -0.05) is 12.1 Å². The molecule has 0 atom stereocenters. The van der Waals surface area contributed by atoms with E-state index in [4.69, 9.17) is 0 Å². The summed E-state index contributed by atoms with van der Waals surface area (Å²) < 4.78 is 13.0. The van der Waals surface area contributed by atoms with Crippen LogP contribution in [0.4, 0.5) is 16.2 Å². The van der Waals surface area contributed by atoms with Gasteiger partial charge in [-0.05, 0) is 37.0 Å². The first-order chi connectivity index (χ1) is 11.8. The Hall–Kier alpha value is -2.70. The first-order valence-corrected chi connectivity index (χ1v) is 8.24. The highest BCUT2D eigenvalue weighted by Gasteiger charge is 2.17. The van der Waals surface area contributed by atoms with Crippen LogP contribution >= 0.6 is 0 Å². The number of H-pyrrole nitrogens is 1. The van der Waals surface area contributed by atoms with E-state index in [0.717, 1.165) is 35.9 Å². The maximum Gasteiger partial charge on any atom is 0.229 e. The quantitative estimate of drug-likeness (QED) is 0.771. The number of hydrogen-bond acceptors (Lipinski definition) is 5. The number of benzene rings is 1. The lowest BCUT2D eigenvalue weighted by Crippen LogP contribution is -2.31. The number of hydrogen-bond donors (Lipinski definition) is 2. The van der Waals surface area contributed by atoms with Gasteiger partial charge in [-0.15, -0.1) is 0 Å². The van der Waals surface area contributed by atoms with Gasteiger partial charge >= 0.3 is 0 Å². The van der Waals surface area contributed by atoms with Crippen LogP contribution in [0.3, 0.4) is 0 Å². The highest BCUT2D eigenvalue weighted by molar-refractivity contribution is 5.83. The van der Waals surface area contributed by atoms with Crippen molar-refractivity contribution in [2.45, 2.75) is 25.8 Å². The van der Waals surface area contributed by atoms with Crippen LogP contribution in [0.5, 0.6) is 0 Å². The summed E-state index contributed by atoms with van der Waals surface area (Å²) in [7, 11) is 0. The van der Waals surface area contributed by atoms with E-state index < -0.39 is 0 Å². The molecule has 0 spiro atoms. The zero-order valence-electron chi connectivity index (χ0n) is 13.3. The van der Waals surface area contributed by atoms with Gasteiger partial charge < -0.3 is 15.2 Å². The average Bonchev–Trinajstić information content (AvgIpc) is 3.10. The molecular weight excluding hydrogens is 307 g/mol. The molecule has 2 N–H and O–H groups in total. The monoisotopic (exact) mass is 326 g/mol. The summed E-state index contributed by atoms with van der Waals surface area (Å²) in [6.07, 6.45) is 5.22. The third-order valence-corrected chi connectivity index (χ3v) is 4.29. The van der Waals surface area contributed by atoms with Crippen molar-refractivity contribution in [3.8, 4) is 0 Å². The van der Waals surface area contributed by atoms with Crippen molar-refractivity contribution in [1.82, 2.24) is 19.9 Å². The minimum Gasteiger partial charge on any atom is -0.364 e. The van der Waals surface area contributed by atoms with Crippen molar-refractivity contribution in [1.29, 1.82) is 0 Å². The molecular formula is C17H19FN6. The van der Waals surface area contributed by atoms with Crippen molar-refractivity contribution >= 4 is 22.9 Å². The second-order valence-corrected chi connectivity index (χ2v) is 6.00. The highest BCUT2D eigenvalue weighted by Crippen LogP contribution is 2.23. The second kappa shape index (κ2) is 6.43. The maximum absolute atomic E-state index is 13.0. The number of anilines is 2. The van der Waals surface area contributed by atoms with Crippen LogP contribution in [0.15, 0.2) is 30.6 Å². The molecule has 124 valence electrons. The van der Waals surface area contributed by atoms with E-state index in [0.29, 0.717) is 12.2 Å². The van der Waals surface area contributed by atoms with Gasteiger partial charge in [0.1, 0.15) is 11.3 Å². The molecule has 0 bridgehead atoms. The van der Waals surface area contributed by atoms with Crippen LogP contribution in [0.25, 0.3) is 11.2 Å². The van der Waals surface area contributed by atoms with E-state index in [1.807, 2.05) is 0 Å². The molecule has 0 amide bonds. The molecule has 3 aromatic rings. The lowest BCUT2D eigenvalue weighted by molar-refractivity contribution is 0.569. The van der Waals surface area contributed by atoms with Crippen LogP contribution in [0.1, 0.15) is 24.8 Å². The number of nitrogens with zero attached hydrogens (tertiary/aromatic N) is 4. The third kappa shape index (κ3) is 3.02. The number of halogens is 1. The summed E-state index contributed by atoms with van der Waals surface area (Å²) in [5.74, 6) is 1.21. The van der Waals surface area contributed by atoms with Gasteiger partial charge in [-0.3, -0.25) is 0 Å². The molecule has 0 radical (unpaired) electrons. The number of fused-ring (bicyclic) bond motifs is 1. The molecule has 1 fully saturated rings. The summed E-state index contributed by atoms with van der Waals surface area (Å²) in [6, 6.07) is 6.45. The second-order valence-electron chi connectivity index (χ2n) is 6.00. The fourth-order valence-corrected chi connectivity index (χ4v) is 2.97. The number of aromatic amines is 1. The van der Waals surface area contributed by atoms with Gasteiger partial charge in [-0.25, -0.2) is 9.37 Å². The van der Waals surface area contributed by atoms with E-state index in [9.17, 15) is 4.39 Å². The van der Waals surface area contributed by atoms with Crippen LogP contribution in [-0.2, 0) is 6.54 Å². The smallest absolute Gasteiger partial charge is 0.229 e. The standard InChI is InChI=1S/C17H19FN6/c18-13-6-4-12(5-7-13)10-19-15-14-16(21-11-20-14)23-17(22-15)24-8-2-1-3-9-24/h4-7,11H,1-3,8-10H2,(H2,19,20,21,22,23). The Kier molecular flexibility index (Phi) is 3.98. The summed E-state index contributed by atoms with van der Waals surface area (Å²) in [5, 5.41) is 3.32. The molecule has 1 saturated heterocycles. The SMILES string of the molecule is Fc1ccc(CNc2nc(N3CCCCC3)nc3nc[nH]c23)cc1. The Morgan fingerprint density at radius 1 is 1.08 bits per heavy atom. The fourth-order valence-electron chi connectivity index (χ4n) is 2.97. The molecule has 7 heteroatoms. The first-order valence-electron chi connectivity index (χ1n) is 8.24. The Morgan fingerprint density at radius 2 is 1.88 bits per heavy atom. The molecule has 4 rings (SSSR count). The summed E-state index contributed by atoms with van der Waals surface area (Å²) >= 11 is 0. The van der Waals surface area contributed by atoms with Crippen LogP contribution in [-0.4, -0.2) is 33.0 Å². The van der Waals surface area contributed by atoms with Gasteiger partial charge in [0.15, 0.2) is 11.5 Å². The predicted octanol–water partition coefficient (Wildman–Crippen LogP) is 3.09. The fraction of sp³-hybridized carbons (Fsp3) is 0.353. The Bertz CT molecular complexity index is 823. The molecule has 0 saturated carbocycles. The molecule has 6 nitrogen and oxygen atoms in total. The van der Waals surface area contributed by atoms with E-state index >= 15 is 0 Å². The summed E-state index contributed by atoms with van der Waals surface area (Å²) in [6.45, 7) is 2.52. The van der Waals surface area contributed by atoms with E-state index in [1.54, 1.807) is 18.5 Å². The number of imidazole rings is 1. The summed E-state index contributed by atoms with van der Waals surface area (Å²) in [5.41, 5.74) is 2.44. The molecule has 1 aliphatic heterocycles. The Labute approximate surface area is 139 Å². The van der Waals surface area contributed by atoms with Gasteiger partial charge in [0.25, 0.3) is 0 Å². The maximum atomic E-state index is 13.0. The molecule has 0 aliphatic carbocycles. The van der Waals surface area contributed by atoms with Crippen LogP contribution < -0.4 is 10.2 Å². The molecule has 1 aliphatic rings. The zero-order valence-corrected chi connectivity index (χ0v) is 13.3. The number of nitrogens with one attached hydrogen (secondary N) is 2. The van der Waals surface area contributed by atoms with Crippen molar-refractivity contribution in [3.63, 3.8) is 0 Å². The van der Waals surface area contributed by atoms with Crippen molar-refractivity contribution in [2.24, 2.45) is 0 Å². The third-order valence-electron chi connectivity index (χ3n) is 4.29. The summed E-state index contributed by atoms with van der Waals surface area (Å²) in [4.78, 5) is 18.8. The van der Waals surface area contributed by atoms with E-state index in [2.05, 4.69) is 30.2 Å². The number of rotatable bonds is 4. The van der Waals surface area contributed by atoms with Gasteiger partial charge in [0.2, 0.25) is 5.95 Å². The van der Waals surface area contributed by atoms with Crippen LogP contribution in [0.2, 0.25) is 0 Å². The topological polar surface area (TPSA) is 69.7 Å². The number of aromatic nitrogens is 4. The molecule has 3 heterocycles. The average molecular weight is 326 g/mol. The largest absolute Gasteiger partial charge is 0.364 e. The normalized spacial score (nSPS) is 15.0. The Morgan fingerprint density at radius 3 is 2.67 bits per heavy atom. The Balaban J connectivity index is 1.60. The van der Waals surface area contributed by atoms with Crippen molar-refractivity contribution in [2.75, 3.05) is 23.3 Å². The van der Waals surface area contributed by atoms with E-state index in [1.165, 1.54) is 31.4 Å². The van der Waals surface area contributed by atoms with Gasteiger partial charge in [-0.2, -0.15) is 9.97 Å².